The van der Waals surface area contributed by atoms with E-state index in [9.17, 15) is 0 Å². The Morgan fingerprint density at radius 3 is 2.86 bits per heavy atom. The molecule has 1 heterocycles. The van der Waals surface area contributed by atoms with E-state index in [4.69, 9.17) is 9.47 Å². The molecule has 1 saturated carbocycles. The van der Waals surface area contributed by atoms with Gasteiger partial charge in [-0.05, 0) is 26.8 Å². The van der Waals surface area contributed by atoms with Gasteiger partial charge in [-0.25, -0.2) is 0 Å². The van der Waals surface area contributed by atoms with Gasteiger partial charge < -0.3 is 14.8 Å². The molecule has 1 aliphatic heterocycles. The van der Waals surface area contributed by atoms with Crippen LogP contribution in [0.2, 0.25) is 0 Å². The van der Waals surface area contributed by atoms with Crippen molar-refractivity contribution < 1.29 is 9.47 Å². The quantitative estimate of drug-likeness (QED) is 0.743. The minimum absolute atomic E-state index is 0.158. The Hall–Kier alpha value is -0.120. The maximum Gasteiger partial charge on any atom is 0.0746 e. The van der Waals surface area contributed by atoms with Gasteiger partial charge in [0.25, 0.3) is 0 Å². The minimum atomic E-state index is 0.158. The molecule has 0 radical (unpaired) electrons. The molecule has 2 aliphatic rings. The second-order valence-electron chi connectivity index (χ2n) is 4.50. The molecule has 2 rings (SSSR count). The molecule has 0 aromatic heterocycles. The first kappa shape index (κ1) is 10.4. The minimum Gasteiger partial charge on any atom is -0.378 e. The monoisotopic (exact) mass is 199 g/mol. The highest BCUT2D eigenvalue weighted by molar-refractivity contribution is 5.01. The smallest absolute Gasteiger partial charge is 0.0746 e. The largest absolute Gasteiger partial charge is 0.378 e. The van der Waals surface area contributed by atoms with E-state index in [0.29, 0.717) is 12.1 Å². The highest BCUT2D eigenvalue weighted by Gasteiger charge is 2.48. The molecule has 1 N–H and O–H groups in total. The molecule has 1 saturated heterocycles. The molecule has 0 bridgehead atoms. The van der Waals surface area contributed by atoms with E-state index >= 15 is 0 Å². The third kappa shape index (κ3) is 1.95. The van der Waals surface area contributed by atoms with Crippen LogP contribution >= 0.6 is 0 Å². The van der Waals surface area contributed by atoms with Gasteiger partial charge >= 0.3 is 0 Å². The van der Waals surface area contributed by atoms with Crippen LogP contribution in [0.4, 0.5) is 0 Å². The summed E-state index contributed by atoms with van der Waals surface area (Å²) in [4.78, 5) is 0. The summed E-state index contributed by atoms with van der Waals surface area (Å²) in [6.07, 6.45) is 4.96. The summed E-state index contributed by atoms with van der Waals surface area (Å²) < 4.78 is 11.5. The van der Waals surface area contributed by atoms with Crippen LogP contribution in [0.15, 0.2) is 0 Å². The lowest BCUT2D eigenvalue weighted by molar-refractivity contribution is -0.193. The molecule has 0 aromatic rings. The number of rotatable bonds is 3. The summed E-state index contributed by atoms with van der Waals surface area (Å²) >= 11 is 0. The summed E-state index contributed by atoms with van der Waals surface area (Å²) in [6, 6.07) is 0.645. The summed E-state index contributed by atoms with van der Waals surface area (Å²) in [5.41, 5.74) is 0.158. The third-order valence-corrected chi connectivity index (χ3v) is 3.50. The van der Waals surface area contributed by atoms with Gasteiger partial charge in [-0.15, -0.1) is 0 Å². The zero-order valence-electron chi connectivity index (χ0n) is 9.21. The fourth-order valence-corrected chi connectivity index (χ4v) is 2.68. The second-order valence-corrected chi connectivity index (χ2v) is 4.50. The van der Waals surface area contributed by atoms with Crippen molar-refractivity contribution in [2.24, 2.45) is 0 Å². The Morgan fingerprint density at radius 2 is 2.21 bits per heavy atom. The maximum atomic E-state index is 5.89. The lowest BCUT2D eigenvalue weighted by Gasteiger charge is -2.51. The first-order chi connectivity index (χ1) is 6.78. The van der Waals surface area contributed by atoms with Crippen LogP contribution in [0.3, 0.4) is 0 Å². The molecule has 82 valence electrons. The summed E-state index contributed by atoms with van der Waals surface area (Å²) in [7, 11) is 2.04. The van der Waals surface area contributed by atoms with Crippen LogP contribution in [-0.2, 0) is 9.47 Å². The van der Waals surface area contributed by atoms with Gasteiger partial charge in [-0.3, -0.25) is 0 Å². The predicted octanol–water partition coefficient (Wildman–Crippen LogP) is 1.32. The van der Waals surface area contributed by atoms with Crippen LogP contribution in [0.1, 0.15) is 32.6 Å². The number of nitrogens with one attached hydrogen (secondary N) is 1. The van der Waals surface area contributed by atoms with Crippen LogP contribution in [-0.4, -0.2) is 38.0 Å². The van der Waals surface area contributed by atoms with Crippen molar-refractivity contribution in [2.45, 2.75) is 50.4 Å². The summed E-state index contributed by atoms with van der Waals surface area (Å²) in [6.45, 7) is 3.80. The molecule has 1 spiro atoms. The number of hydrogen-bond donors (Lipinski definition) is 1. The zero-order chi connectivity index (χ0) is 10.0. The molecule has 1 unspecified atom stereocenters. The van der Waals surface area contributed by atoms with Crippen LogP contribution < -0.4 is 5.32 Å². The van der Waals surface area contributed by atoms with Crippen LogP contribution in [0, 0.1) is 0 Å². The highest BCUT2D eigenvalue weighted by Crippen LogP contribution is 2.43. The van der Waals surface area contributed by atoms with Crippen molar-refractivity contribution in [3.63, 3.8) is 0 Å². The van der Waals surface area contributed by atoms with Crippen molar-refractivity contribution in [3.8, 4) is 0 Å². The highest BCUT2D eigenvalue weighted by atomic mass is 16.5. The molecule has 1 atom stereocenters. The van der Waals surface area contributed by atoms with Crippen molar-refractivity contribution in [1.29, 1.82) is 0 Å². The molecular formula is C11H21NO2. The molecule has 14 heavy (non-hydrogen) atoms. The Bertz CT molecular complexity index is 190. The van der Waals surface area contributed by atoms with Gasteiger partial charge in [0.2, 0.25) is 0 Å². The molecule has 2 fully saturated rings. The first-order valence-electron chi connectivity index (χ1n) is 5.71. The Kier molecular flexibility index (Phi) is 3.10. The van der Waals surface area contributed by atoms with Gasteiger partial charge in [0.1, 0.15) is 0 Å². The lowest BCUT2D eigenvalue weighted by Crippen LogP contribution is -2.56. The lowest BCUT2D eigenvalue weighted by atomic mass is 9.71. The molecule has 3 nitrogen and oxygen atoms in total. The Balaban J connectivity index is 1.81. The van der Waals surface area contributed by atoms with Gasteiger partial charge in [-0.1, -0.05) is 0 Å². The Labute approximate surface area is 86.2 Å². The average Bonchev–Trinajstić information content (AvgIpc) is 2.16. The van der Waals surface area contributed by atoms with Gasteiger partial charge in [0, 0.05) is 32.1 Å². The van der Waals surface area contributed by atoms with E-state index in [0.717, 1.165) is 38.9 Å². The number of ether oxygens (including phenoxy) is 2. The number of hydrogen-bond acceptors (Lipinski definition) is 3. The standard InChI is InChI=1S/C11H21NO2/c1-3-13-10-7-11(8-10)6-9(12-2)4-5-14-11/h9-10,12H,3-8H2,1-2H3. The van der Waals surface area contributed by atoms with E-state index in [1.165, 1.54) is 0 Å². The van der Waals surface area contributed by atoms with E-state index in [1.54, 1.807) is 0 Å². The van der Waals surface area contributed by atoms with Gasteiger partial charge in [0.15, 0.2) is 0 Å². The zero-order valence-corrected chi connectivity index (χ0v) is 9.21. The Morgan fingerprint density at radius 1 is 1.43 bits per heavy atom. The van der Waals surface area contributed by atoms with Crippen LogP contribution in [0.25, 0.3) is 0 Å². The fourth-order valence-electron chi connectivity index (χ4n) is 2.68. The maximum absolute atomic E-state index is 5.89. The van der Waals surface area contributed by atoms with Crippen molar-refractivity contribution in [1.82, 2.24) is 5.32 Å². The summed E-state index contributed by atoms with van der Waals surface area (Å²) in [5, 5.41) is 3.35. The molecule has 3 heteroatoms. The second kappa shape index (κ2) is 4.17. The molecule has 0 aromatic carbocycles. The topological polar surface area (TPSA) is 30.5 Å². The van der Waals surface area contributed by atoms with Gasteiger partial charge in [-0.2, -0.15) is 0 Å². The predicted molar refractivity (Wildman–Crippen MR) is 55.4 cm³/mol. The average molecular weight is 199 g/mol. The van der Waals surface area contributed by atoms with Crippen molar-refractivity contribution >= 4 is 0 Å². The van der Waals surface area contributed by atoms with E-state index in [2.05, 4.69) is 12.2 Å². The van der Waals surface area contributed by atoms with Crippen molar-refractivity contribution in [2.75, 3.05) is 20.3 Å². The SMILES string of the molecule is CCOC1CC2(CC(NC)CCO2)C1. The molecule has 1 aliphatic carbocycles. The van der Waals surface area contributed by atoms with E-state index in [1.807, 2.05) is 7.05 Å². The van der Waals surface area contributed by atoms with E-state index < -0.39 is 0 Å². The van der Waals surface area contributed by atoms with E-state index in [-0.39, 0.29) is 5.60 Å². The third-order valence-electron chi connectivity index (χ3n) is 3.50. The summed E-state index contributed by atoms with van der Waals surface area (Å²) in [5.74, 6) is 0. The molecular weight excluding hydrogens is 178 g/mol. The van der Waals surface area contributed by atoms with Crippen LogP contribution in [0.5, 0.6) is 0 Å². The normalized spacial score (nSPS) is 42.4. The first-order valence-corrected chi connectivity index (χ1v) is 5.71. The fraction of sp³-hybridized carbons (Fsp3) is 1.00. The van der Waals surface area contributed by atoms with Gasteiger partial charge in [0.05, 0.1) is 11.7 Å². The van der Waals surface area contributed by atoms with Crippen molar-refractivity contribution in [3.05, 3.63) is 0 Å². The molecule has 0 amide bonds.